The van der Waals surface area contributed by atoms with Crippen molar-refractivity contribution in [3.63, 3.8) is 0 Å². The quantitative estimate of drug-likeness (QED) is 0.823. The van der Waals surface area contributed by atoms with Gasteiger partial charge in [0, 0.05) is 16.4 Å². The second kappa shape index (κ2) is 5.96. The molecule has 0 atom stereocenters. The first-order chi connectivity index (χ1) is 10.2. The van der Waals surface area contributed by atoms with Gasteiger partial charge in [0.05, 0.1) is 5.56 Å². The minimum atomic E-state index is -4.48. The van der Waals surface area contributed by atoms with Crippen LogP contribution < -0.4 is 5.32 Å². The van der Waals surface area contributed by atoms with Crippen LogP contribution in [-0.4, -0.2) is 16.1 Å². The Labute approximate surface area is 132 Å². The van der Waals surface area contributed by atoms with Crippen molar-refractivity contribution in [1.82, 2.24) is 4.98 Å². The lowest BCUT2D eigenvalue weighted by molar-refractivity contribution is -0.138. The summed E-state index contributed by atoms with van der Waals surface area (Å²) in [6.07, 6.45) is -3.12. The molecular weight excluding hydrogens is 365 g/mol. The van der Waals surface area contributed by atoms with Gasteiger partial charge in [-0.3, -0.25) is 0 Å². The average molecular weight is 375 g/mol. The molecule has 2 N–H and O–H groups in total. The number of anilines is 2. The van der Waals surface area contributed by atoms with E-state index in [0.29, 0.717) is 4.47 Å². The predicted molar refractivity (Wildman–Crippen MR) is 78.4 cm³/mol. The lowest BCUT2D eigenvalue weighted by atomic mass is 10.1. The number of alkyl halides is 3. The number of aromatic nitrogens is 1. The molecule has 0 aliphatic carbocycles. The zero-order valence-corrected chi connectivity index (χ0v) is 12.8. The number of benzene rings is 1. The first-order valence-corrected chi connectivity index (χ1v) is 6.82. The molecule has 4 nitrogen and oxygen atoms in total. The third-order valence-corrected chi connectivity index (χ3v) is 3.41. The van der Waals surface area contributed by atoms with Gasteiger partial charge in [0.15, 0.2) is 0 Å². The van der Waals surface area contributed by atoms with Gasteiger partial charge in [-0.05, 0) is 46.6 Å². The Kier molecular flexibility index (Phi) is 4.41. The SMILES string of the molecule is Cc1c(Nc2ncc(Br)cc2C(=O)O)cccc1C(F)(F)F. The Bertz CT molecular complexity index is 733. The molecule has 22 heavy (non-hydrogen) atoms. The van der Waals surface area contributed by atoms with Gasteiger partial charge < -0.3 is 10.4 Å². The molecule has 0 unspecified atom stereocenters. The maximum atomic E-state index is 12.9. The number of aromatic carboxylic acids is 1. The van der Waals surface area contributed by atoms with Crippen LogP contribution in [0.4, 0.5) is 24.7 Å². The number of nitrogens with zero attached hydrogens (tertiary/aromatic N) is 1. The van der Waals surface area contributed by atoms with Crippen LogP contribution in [0.5, 0.6) is 0 Å². The van der Waals surface area contributed by atoms with Gasteiger partial charge in [-0.2, -0.15) is 13.2 Å². The van der Waals surface area contributed by atoms with Gasteiger partial charge in [0.1, 0.15) is 11.4 Å². The molecule has 0 radical (unpaired) electrons. The van der Waals surface area contributed by atoms with Crippen LogP contribution in [-0.2, 0) is 6.18 Å². The second-order valence-corrected chi connectivity index (χ2v) is 5.37. The minimum absolute atomic E-state index is 0.0295. The highest BCUT2D eigenvalue weighted by Crippen LogP contribution is 2.35. The van der Waals surface area contributed by atoms with Crippen LogP contribution in [0.1, 0.15) is 21.5 Å². The Balaban J connectivity index is 2.47. The molecule has 0 aliphatic rings. The monoisotopic (exact) mass is 374 g/mol. The molecular formula is C14H10BrF3N2O2. The molecule has 116 valence electrons. The predicted octanol–water partition coefficient (Wildman–Crippen LogP) is 4.61. The van der Waals surface area contributed by atoms with E-state index in [9.17, 15) is 18.0 Å². The minimum Gasteiger partial charge on any atom is -0.478 e. The van der Waals surface area contributed by atoms with E-state index < -0.39 is 17.7 Å². The summed E-state index contributed by atoms with van der Waals surface area (Å²) in [4.78, 5) is 15.1. The summed E-state index contributed by atoms with van der Waals surface area (Å²) in [5.74, 6) is -1.26. The van der Waals surface area contributed by atoms with Crippen molar-refractivity contribution in [3.8, 4) is 0 Å². The van der Waals surface area contributed by atoms with Crippen LogP contribution in [0.3, 0.4) is 0 Å². The van der Waals surface area contributed by atoms with Gasteiger partial charge in [-0.15, -0.1) is 0 Å². The zero-order chi connectivity index (χ0) is 16.5. The molecule has 0 fully saturated rings. The van der Waals surface area contributed by atoms with Crippen molar-refractivity contribution in [2.24, 2.45) is 0 Å². The Hall–Kier alpha value is -2.09. The van der Waals surface area contributed by atoms with Gasteiger partial charge in [0.25, 0.3) is 0 Å². The fourth-order valence-electron chi connectivity index (χ4n) is 1.91. The van der Waals surface area contributed by atoms with Crippen LogP contribution in [0.25, 0.3) is 0 Å². The maximum Gasteiger partial charge on any atom is 0.416 e. The summed E-state index contributed by atoms with van der Waals surface area (Å²) in [7, 11) is 0. The van der Waals surface area contributed by atoms with E-state index in [-0.39, 0.29) is 22.6 Å². The van der Waals surface area contributed by atoms with Crippen LogP contribution >= 0.6 is 15.9 Å². The summed E-state index contributed by atoms with van der Waals surface area (Å²) in [6.45, 7) is 1.31. The Morgan fingerprint density at radius 3 is 2.64 bits per heavy atom. The summed E-state index contributed by atoms with van der Waals surface area (Å²) in [6, 6.07) is 4.96. The highest BCUT2D eigenvalue weighted by atomic mass is 79.9. The lowest BCUT2D eigenvalue weighted by Gasteiger charge is -2.15. The van der Waals surface area contributed by atoms with Gasteiger partial charge in [-0.25, -0.2) is 9.78 Å². The summed E-state index contributed by atoms with van der Waals surface area (Å²) < 4.78 is 39.1. The van der Waals surface area contributed by atoms with E-state index in [0.717, 1.165) is 6.07 Å². The molecule has 1 heterocycles. The molecule has 0 saturated carbocycles. The fourth-order valence-corrected chi connectivity index (χ4v) is 2.24. The molecule has 2 aromatic rings. The third kappa shape index (κ3) is 3.38. The van der Waals surface area contributed by atoms with Gasteiger partial charge in [-0.1, -0.05) is 6.07 Å². The number of carboxylic acid groups (broad SMARTS) is 1. The number of hydrogen-bond donors (Lipinski definition) is 2. The molecule has 1 aromatic heterocycles. The highest BCUT2D eigenvalue weighted by molar-refractivity contribution is 9.10. The van der Waals surface area contributed by atoms with Crippen molar-refractivity contribution in [2.75, 3.05) is 5.32 Å². The van der Waals surface area contributed by atoms with Crippen molar-refractivity contribution in [1.29, 1.82) is 0 Å². The van der Waals surface area contributed by atoms with Crippen molar-refractivity contribution < 1.29 is 23.1 Å². The average Bonchev–Trinajstić information content (AvgIpc) is 2.41. The van der Waals surface area contributed by atoms with E-state index in [2.05, 4.69) is 26.2 Å². The normalized spacial score (nSPS) is 11.3. The zero-order valence-electron chi connectivity index (χ0n) is 11.2. The summed E-state index contributed by atoms with van der Waals surface area (Å²) >= 11 is 3.10. The van der Waals surface area contributed by atoms with Gasteiger partial charge in [0.2, 0.25) is 0 Å². The standard InChI is InChI=1S/C14H10BrF3N2O2/c1-7-10(14(16,17)18)3-2-4-11(7)20-12-9(13(21)22)5-8(15)6-19-12/h2-6H,1H3,(H,19,20)(H,21,22). The topological polar surface area (TPSA) is 62.2 Å². The number of pyridine rings is 1. The Morgan fingerprint density at radius 2 is 2.05 bits per heavy atom. The van der Waals surface area contributed by atoms with Crippen molar-refractivity contribution >= 4 is 33.4 Å². The van der Waals surface area contributed by atoms with E-state index >= 15 is 0 Å². The summed E-state index contributed by atoms with van der Waals surface area (Å²) in [5.41, 5.74) is -0.819. The van der Waals surface area contributed by atoms with Crippen molar-refractivity contribution in [3.05, 3.63) is 51.6 Å². The molecule has 0 spiro atoms. The first kappa shape index (κ1) is 16.3. The van der Waals surface area contributed by atoms with E-state index in [1.54, 1.807) is 0 Å². The molecule has 0 amide bonds. The van der Waals surface area contributed by atoms with Crippen LogP contribution in [0, 0.1) is 6.92 Å². The van der Waals surface area contributed by atoms with Crippen LogP contribution in [0.15, 0.2) is 34.9 Å². The van der Waals surface area contributed by atoms with E-state index in [1.807, 2.05) is 0 Å². The Morgan fingerprint density at radius 1 is 1.36 bits per heavy atom. The van der Waals surface area contributed by atoms with E-state index in [1.165, 1.54) is 31.3 Å². The third-order valence-electron chi connectivity index (χ3n) is 2.98. The molecule has 0 bridgehead atoms. The molecule has 1 aromatic carbocycles. The number of nitrogens with one attached hydrogen (secondary N) is 1. The van der Waals surface area contributed by atoms with Crippen molar-refractivity contribution in [2.45, 2.75) is 13.1 Å². The summed E-state index contributed by atoms with van der Waals surface area (Å²) in [5, 5.41) is 11.8. The van der Waals surface area contributed by atoms with E-state index in [4.69, 9.17) is 5.11 Å². The molecule has 0 saturated heterocycles. The number of carboxylic acids is 1. The fraction of sp³-hybridized carbons (Fsp3) is 0.143. The largest absolute Gasteiger partial charge is 0.478 e. The van der Waals surface area contributed by atoms with Gasteiger partial charge >= 0.3 is 12.1 Å². The maximum absolute atomic E-state index is 12.9. The smallest absolute Gasteiger partial charge is 0.416 e. The number of rotatable bonds is 3. The second-order valence-electron chi connectivity index (χ2n) is 4.46. The number of carbonyl (C=O) groups is 1. The first-order valence-electron chi connectivity index (χ1n) is 6.03. The number of hydrogen-bond acceptors (Lipinski definition) is 3. The molecule has 2 rings (SSSR count). The number of halogens is 4. The molecule has 0 aliphatic heterocycles. The van der Waals surface area contributed by atoms with Crippen LogP contribution in [0.2, 0.25) is 0 Å². The highest BCUT2D eigenvalue weighted by Gasteiger charge is 2.33. The molecule has 8 heteroatoms. The lowest BCUT2D eigenvalue weighted by Crippen LogP contribution is -2.10.